The van der Waals surface area contributed by atoms with Gasteiger partial charge in [-0.2, -0.15) is 0 Å². The fourth-order valence-corrected chi connectivity index (χ4v) is 2.47. The second-order valence-electron chi connectivity index (χ2n) is 5.29. The lowest BCUT2D eigenvalue weighted by atomic mass is 10.1. The van der Waals surface area contributed by atoms with Crippen LogP contribution in [0.2, 0.25) is 0 Å². The molecule has 4 N–H and O–H groups in total. The third kappa shape index (κ3) is 2.95. The molecule has 1 amide bonds. The molecular formula is C15H17N3O4. The van der Waals surface area contributed by atoms with Gasteiger partial charge in [0.2, 0.25) is 0 Å². The number of aliphatic hydroxyl groups is 1. The first-order valence-corrected chi connectivity index (χ1v) is 7.09. The van der Waals surface area contributed by atoms with Gasteiger partial charge < -0.3 is 25.1 Å². The Balaban J connectivity index is 1.69. The first kappa shape index (κ1) is 14.6. The van der Waals surface area contributed by atoms with Crippen LogP contribution in [0, 0.1) is 5.92 Å². The normalized spacial score (nSPS) is 21.0. The molecule has 2 aromatic rings. The summed E-state index contributed by atoms with van der Waals surface area (Å²) >= 11 is 0. The molecule has 1 fully saturated rings. The number of aromatic nitrogens is 1. The average molecular weight is 303 g/mol. The maximum absolute atomic E-state index is 12.1. The summed E-state index contributed by atoms with van der Waals surface area (Å²) in [5, 5.41) is 15.4. The van der Waals surface area contributed by atoms with Crippen LogP contribution in [0.15, 0.2) is 39.7 Å². The van der Waals surface area contributed by atoms with Crippen LogP contribution in [0.3, 0.4) is 0 Å². The number of nitrogens with one attached hydrogen (secondary N) is 3. The predicted molar refractivity (Wildman–Crippen MR) is 79.5 cm³/mol. The number of hydrogen-bond acceptors (Lipinski definition) is 5. The van der Waals surface area contributed by atoms with E-state index in [-0.39, 0.29) is 11.5 Å². The molecule has 2 aromatic heterocycles. The van der Waals surface area contributed by atoms with E-state index in [0.29, 0.717) is 31.1 Å². The predicted octanol–water partition coefficient (Wildman–Crippen LogP) is -0.0550. The van der Waals surface area contributed by atoms with Crippen LogP contribution >= 0.6 is 0 Å². The van der Waals surface area contributed by atoms with Crippen LogP contribution in [0.4, 0.5) is 0 Å². The van der Waals surface area contributed by atoms with E-state index in [1.807, 2.05) is 0 Å². The highest BCUT2D eigenvalue weighted by atomic mass is 16.3. The Kier molecular flexibility index (Phi) is 4.08. The zero-order chi connectivity index (χ0) is 15.5. The van der Waals surface area contributed by atoms with E-state index in [0.717, 1.165) is 0 Å². The van der Waals surface area contributed by atoms with E-state index in [4.69, 9.17) is 4.42 Å². The van der Waals surface area contributed by atoms with Gasteiger partial charge in [0, 0.05) is 25.6 Å². The molecule has 0 aliphatic carbocycles. The van der Waals surface area contributed by atoms with Crippen molar-refractivity contribution in [2.75, 3.05) is 19.6 Å². The van der Waals surface area contributed by atoms with E-state index >= 15 is 0 Å². The van der Waals surface area contributed by atoms with Crippen molar-refractivity contribution >= 4 is 5.91 Å². The highest BCUT2D eigenvalue weighted by molar-refractivity contribution is 5.94. The number of carbonyl (C=O) groups excluding carboxylic acids is 1. The molecule has 2 atom stereocenters. The Bertz CT molecular complexity index is 708. The van der Waals surface area contributed by atoms with Gasteiger partial charge in [0.1, 0.15) is 11.3 Å². The zero-order valence-corrected chi connectivity index (χ0v) is 11.8. The second-order valence-corrected chi connectivity index (χ2v) is 5.29. The summed E-state index contributed by atoms with van der Waals surface area (Å²) in [7, 11) is 0. The zero-order valence-electron chi connectivity index (χ0n) is 11.8. The molecule has 1 aliphatic heterocycles. The largest absolute Gasteiger partial charge is 0.463 e. The van der Waals surface area contributed by atoms with Gasteiger partial charge in [-0.25, -0.2) is 0 Å². The van der Waals surface area contributed by atoms with Gasteiger partial charge in [-0.05, 0) is 24.3 Å². The number of furan rings is 1. The number of rotatable bonds is 4. The Hall–Kier alpha value is -2.38. The Labute approximate surface area is 126 Å². The fraction of sp³-hybridized carbons (Fsp3) is 0.333. The highest BCUT2D eigenvalue weighted by Crippen LogP contribution is 2.15. The van der Waals surface area contributed by atoms with Gasteiger partial charge in [0.05, 0.1) is 18.1 Å². The maximum atomic E-state index is 12.1. The highest BCUT2D eigenvalue weighted by Gasteiger charge is 2.25. The molecule has 2 unspecified atom stereocenters. The smallest absolute Gasteiger partial charge is 0.261 e. The van der Waals surface area contributed by atoms with Gasteiger partial charge in [-0.3, -0.25) is 9.59 Å². The van der Waals surface area contributed by atoms with Crippen molar-refractivity contribution in [3.8, 4) is 11.5 Å². The molecule has 3 rings (SSSR count). The Morgan fingerprint density at radius 2 is 2.23 bits per heavy atom. The van der Waals surface area contributed by atoms with Gasteiger partial charge in [0.25, 0.3) is 11.5 Å². The van der Waals surface area contributed by atoms with Crippen molar-refractivity contribution in [1.82, 2.24) is 15.6 Å². The molecule has 0 radical (unpaired) electrons. The topological polar surface area (TPSA) is 107 Å². The molecule has 1 saturated heterocycles. The molecule has 0 saturated carbocycles. The van der Waals surface area contributed by atoms with E-state index in [9.17, 15) is 14.7 Å². The Morgan fingerprint density at radius 3 is 2.86 bits per heavy atom. The number of carbonyl (C=O) groups is 1. The second kappa shape index (κ2) is 6.17. The van der Waals surface area contributed by atoms with Crippen molar-refractivity contribution in [1.29, 1.82) is 0 Å². The van der Waals surface area contributed by atoms with E-state index < -0.39 is 17.6 Å². The molecule has 3 heterocycles. The number of H-pyrrole nitrogens is 1. The Morgan fingerprint density at radius 1 is 1.36 bits per heavy atom. The lowest BCUT2D eigenvalue weighted by Crippen LogP contribution is -2.36. The quantitative estimate of drug-likeness (QED) is 0.633. The van der Waals surface area contributed by atoms with Crippen molar-refractivity contribution in [2.45, 2.75) is 6.10 Å². The van der Waals surface area contributed by atoms with Crippen molar-refractivity contribution in [2.24, 2.45) is 5.92 Å². The lowest BCUT2D eigenvalue weighted by Gasteiger charge is -2.13. The van der Waals surface area contributed by atoms with E-state index in [2.05, 4.69) is 15.6 Å². The van der Waals surface area contributed by atoms with Gasteiger partial charge in [0.15, 0.2) is 0 Å². The van der Waals surface area contributed by atoms with Crippen molar-refractivity contribution in [3.05, 3.63) is 46.4 Å². The SMILES string of the molecule is O=C(NCC1CNCC1O)c1ccc(-c2ccco2)[nH]c1=O. The number of β-amino-alcohol motifs (C(OH)–C–C–N with tert-alkyl or cyclic N) is 1. The van der Waals surface area contributed by atoms with Crippen LogP contribution in [-0.2, 0) is 0 Å². The summed E-state index contributed by atoms with van der Waals surface area (Å²) in [4.78, 5) is 26.7. The van der Waals surface area contributed by atoms with Gasteiger partial charge in [-0.15, -0.1) is 0 Å². The minimum absolute atomic E-state index is 0.0366. The summed E-state index contributed by atoms with van der Waals surface area (Å²) in [6.07, 6.45) is 1.04. The molecule has 116 valence electrons. The minimum atomic E-state index is -0.475. The standard InChI is InChI=1S/C15H17N3O4/c19-12-8-16-6-9(12)7-17-14(20)10-3-4-11(18-15(10)21)13-2-1-5-22-13/h1-5,9,12,16,19H,6-8H2,(H,17,20)(H,18,21). The molecule has 1 aliphatic rings. The molecule has 7 nitrogen and oxygen atoms in total. The molecule has 0 aromatic carbocycles. The maximum Gasteiger partial charge on any atom is 0.261 e. The lowest BCUT2D eigenvalue weighted by molar-refractivity contribution is 0.0925. The van der Waals surface area contributed by atoms with Crippen LogP contribution in [0.25, 0.3) is 11.5 Å². The first-order chi connectivity index (χ1) is 10.6. The fourth-order valence-electron chi connectivity index (χ4n) is 2.47. The number of pyridine rings is 1. The van der Waals surface area contributed by atoms with Crippen LogP contribution < -0.4 is 16.2 Å². The summed E-state index contributed by atoms with van der Waals surface area (Å²) in [5.74, 6) is 0.0426. The van der Waals surface area contributed by atoms with Crippen LogP contribution in [0.5, 0.6) is 0 Å². The van der Waals surface area contributed by atoms with Crippen molar-refractivity contribution in [3.63, 3.8) is 0 Å². The first-order valence-electron chi connectivity index (χ1n) is 7.09. The molecule has 7 heteroatoms. The van der Waals surface area contributed by atoms with Gasteiger partial charge >= 0.3 is 0 Å². The molecule has 22 heavy (non-hydrogen) atoms. The third-order valence-electron chi connectivity index (χ3n) is 3.77. The van der Waals surface area contributed by atoms with E-state index in [1.54, 1.807) is 18.2 Å². The molecule has 0 spiro atoms. The summed E-state index contributed by atoms with van der Waals surface area (Å²) in [6, 6.07) is 6.53. The van der Waals surface area contributed by atoms with Crippen LogP contribution in [0.1, 0.15) is 10.4 Å². The van der Waals surface area contributed by atoms with Gasteiger partial charge in [-0.1, -0.05) is 0 Å². The molecular weight excluding hydrogens is 286 g/mol. The van der Waals surface area contributed by atoms with E-state index in [1.165, 1.54) is 12.3 Å². The summed E-state index contributed by atoms with van der Waals surface area (Å²) in [5.41, 5.74) is 0.0780. The monoisotopic (exact) mass is 303 g/mol. The minimum Gasteiger partial charge on any atom is -0.463 e. The molecule has 0 bridgehead atoms. The number of amides is 1. The number of aliphatic hydroxyl groups excluding tert-OH is 1. The third-order valence-corrected chi connectivity index (χ3v) is 3.77. The van der Waals surface area contributed by atoms with Crippen molar-refractivity contribution < 1.29 is 14.3 Å². The summed E-state index contributed by atoms with van der Waals surface area (Å²) < 4.78 is 5.20. The number of hydrogen-bond donors (Lipinski definition) is 4. The number of aromatic amines is 1. The summed E-state index contributed by atoms with van der Waals surface area (Å²) in [6.45, 7) is 1.50. The van der Waals surface area contributed by atoms with Crippen LogP contribution in [-0.4, -0.2) is 41.7 Å². The average Bonchev–Trinajstić information content (AvgIpc) is 3.16.